The molecule has 0 unspecified atom stereocenters. The van der Waals surface area contributed by atoms with Crippen LogP contribution >= 0.6 is 0 Å². The van der Waals surface area contributed by atoms with Gasteiger partial charge in [-0.2, -0.15) is 0 Å². The molecule has 1 aromatic heterocycles. The molecule has 0 saturated heterocycles. The van der Waals surface area contributed by atoms with E-state index in [-0.39, 0.29) is 12.5 Å². The second-order valence-corrected chi connectivity index (χ2v) is 3.90. The predicted molar refractivity (Wildman–Crippen MR) is 66.2 cm³/mol. The zero-order chi connectivity index (χ0) is 13.8. The van der Waals surface area contributed by atoms with Crippen LogP contribution in [0.15, 0.2) is 36.5 Å². The van der Waals surface area contributed by atoms with Crippen LogP contribution in [0.1, 0.15) is 15.9 Å². The highest BCUT2D eigenvalue weighted by molar-refractivity contribution is 5.93. The van der Waals surface area contributed by atoms with Crippen molar-refractivity contribution in [1.29, 1.82) is 0 Å². The van der Waals surface area contributed by atoms with Crippen LogP contribution in [0.3, 0.4) is 0 Å². The minimum Gasteiger partial charge on any atom is -0.384 e. The maximum absolute atomic E-state index is 13.0. The van der Waals surface area contributed by atoms with E-state index < -0.39 is 11.6 Å². The van der Waals surface area contributed by atoms with Crippen LogP contribution in [0, 0.1) is 11.6 Å². The summed E-state index contributed by atoms with van der Waals surface area (Å²) in [6.07, 6.45) is 1.34. The summed E-state index contributed by atoms with van der Waals surface area (Å²) < 4.78 is 25.7. The Hall–Kier alpha value is -2.50. The van der Waals surface area contributed by atoms with Gasteiger partial charge in [0.2, 0.25) is 0 Å². The third kappa shape index (κ3) is 3.25. The van der Waals surface area contributed by atoms with Crippen molar-refractivity contribution in [3.8, 4) is 0 Å². The fraction of sp³-hybridized carbons (Fsp3) is 0.0769. The Balaban J connectivity index is 2.00. The summed E-state index contributed by atoms with van der Waals surface area (Å²) in [5.74, 6) is -1.91. The number of nitrogen functional groups attached to an aromatic ring is 1. The summed E-state index contributed by atoms with van der Waals surface area (Å²) in [6.45, 7) is 0.0976. The van der Waals surface area contributed by atoms with Crippen molar-refractivity contribution in [3.63, 3.8) is 0 Å². The maximum atomic E-state index is 13.0. The van der Waals surface area contributed by atoms with E-state index in [0.29, 0.717) is 16.9 Å². The van der Waals surface area contributed by atoms with E-state index >= 15 is 0 Å². The fourth-order valence-electron chi connectivity index (χ4n) is 1.47. The average molecular weight is 263 g/mol. The van der Waals surface area contributed by atoms with Crippen molar-refractivity contribution in [2.45, 2.75) is 6.54 Å². The molecule has 0 aliphatic carbocycles. The number of pyridine rings is 1. The number of amides is 1. The molecule has 1 aromatic carbocycles. The summed E-state index contributed by atoms with van der Waals surface area (Å²) >= 11 is 0. The molecule has 0 fully saturated rings. The Labute approximate surface area is 108 Å². The van der Waals surface area contributed by atoms with Gasteiger partial charge in [-0.1, -0.05) is 6.07 Å². The van der Waals surface area contributed by atoms with Crippen LogP contribution in [-0.2, 0) is 6.54 Å². The first kappa shape index (κ1) is 12.9. The van der Waals surface area contributed by atoms with Gasteiger partial charge in [-0.05, 0) is 29.8 Å². The van der Waals surface area contributed by atoms with E-state index in [2.05, 4.69) is 10.3 Å². The SMILES string of the molecule is Nc1ccc(C(=O)NCc2ccc(F)c(F)c2)cn1. The molecule has 1 heterocycles. The molecule has 0 atom stereocenters. The van der Waals surface area contributed by atoms with Crippen LogP contribution in [0.25, 0.3) is 0 Å². The van der Waals surface area contributed by atoms with Crippen molar-refractivity contribution in [1.82, 2.24) is 10.3 Å². The Morgan fingerprint density at radius 1 is 1.21 bits per heavy atom. The van der Waals surface area contributed by atoms with E-state index in [4.69, 9.17) is 5.73 Å². The molecule has 0 radical (unpaired) electrons. The number of nitrogens with one attached hydrogen (secondary N) is 1. The molecule has 98 valence electrons. The van der Waals surface area contributed by atoms with Gasteiger partial charge in [-0.25, -0.2) is 13.8 Å². The highest BCUT2D eigenvalue weighted by Crippen LogP contribution is 2.09. The van der Waals surface area contributed by atoms with Crippen LogP contribution in [-0.4, -0.2) is 10.9 Å². The Morgan fingerprint density at radius 2 is 2.00 bits per heavy atom. The van der Waals surface area contributed by atoms with E-state index in [1.165, 1.54) is 24.4 Å². The van der Waals surface area contributed by atoms with Gasteiger partial charge in [0.05, 0.1) is 5.56 Å². The standard InChI is InChI=1S/C13H11F2N3O/c14-10-3-1-8(5-11(10)15)6-18-13(19)9-2-4-12(16)17-7-9/h1-5,7H,6H2,(H2,16,17)(H,18,19). The molecule has 1 amide bonds. The van der Waals surface area contributed by atoms with Crippen molar-refractivity contribution in [2.24, 2.45) is 0 Å². The number of benzene rings is 1. The first-order chi connectivity index (χ1) is 9.06. The number of halogens is 2. The summed E-state index contributed by atoms with van der Waals surface area (Å²) in [5, 5.41) is 2.57. The summed E-state index contributed by atoms with van der Waals surface area (Å²) in [5.41, 5.74) is 6.22. The van der Waals surface area contributed by atoms with Crippen molar-refractivity contribution in [2.75, 3.05) is 5.73 Å². The molecular weight excluding hydrogens is 252 g/mol. The molecule has 3 N–H and O–H groups in total. The smallest absolute Gasteiger partial charge is 0.253 e. The van der Waals surface area contributed by atoms with E-state index in [1.54, 1.807) is 0 Å². The zero-order valence-corrected chi connectivity index (χ0v) is 9.86. The van der Waals surface area contributed by atoms with Gasteiger partial charge in [-0.3, -0.25) is 4.79 Å². The Morgan fingerprint density at radius 3 is 2.63 bits per heavy atom. The molecule has 19 heavy (non-hydrogen) atoms. The number of anilines is 1. The van der Waals surface area contributed by atoms with Gasteiger partial charge < -0.3 is 11.1 Å². The van der Waals surface area contributed by atoms with E-state index in [0.717, 1.165) is 12.1 Å². The normalized spacial score (nSPS) is 10.2. The number of rotatable bonds is 3. The summed E-state index contributed by atoms with van der Waals surface area (Å²) in [4.78, 5) is 15.5. The first-order valence-electron chi connectivity index (χ1n) is 5.50. The molecule has 0 aliphatic rings. The van der Waals surface area contributed by atoms with Gasteiger partial charge in [0, 0.05) is 12.7 Å². The van der Waals surface area contributed by atoms with Crippen molar-refractivity contribution in [3.05, 3.63) is 59.3 Å². The Bertz CT molecular complexity index is 599. The second-order valence-electron chi connectivity index (χ2n) is 3.90. The molecule has 0 saturated carbocycles. The molecule has 0 bridgehead atoms. The number of carbonyl (C=O) groups excluding carboxylic acids is 1. The quantitative estimate of drug-likeness (QED) is 0.888. The molecule has 2 rings (SSSR count). The predicted octanol–water partition coefficient (Wildman–Crippen LogP) is 1.87. The number of nitrogens with two attached hydrogens (primary N) is 1. The maximum Gasteiger partial charge on any atom is 0.253 e. The number of aromatic nitrogens is 1. The minimum atomic E-state index is -0.944. The highest BCUT2D eigenvalue weighted by atomic mass is 19.2. The molecule has 4 nitrogen and oxygen atoms in total. The van der Waals surface area contributed by atoms with Crippen molar-refractivity contribution >= 4 is 11.7 Å². The average Bonchev–Trinajstić information content (AvgIpc) is 2.40. The first-order valence-corrected chi connectivity index (χ1v) is 5.50. The lowest BCUT2D eigenvalue weighted by Gasteiger charge is -2.05. The van der Waals surface area contributed by atoms with Gasteiger partial charge in [0.15, 0.2) is 11.6 Å². The third-order valence-electron chi connectivity index (χ3n) is 2.49. The molecule has 2 aromatic rings. The van der Waals surface area contributed by atoms with E-state index in [1.807, 2.05) is 0 Å². The fourth-order valence-corrected chi connectivity index (χ4v) is 1.47. The number of hydrogen-bond donors (Lipinski definition) is 2. The second kappa shape index (κ2) is 5.43. The van der Waals surface area contributed by atoms with Gasteiger partial charge in [-0.15, -0.1) is 0 Å². The molecular formula is C13H11F2N3O. The van der Waals surface area contributed by atoms with Crippen LogP contribution < -0.4 is 11.1 Å². The van der Waals surface area contributed by atoms with Gasteiger partial charge in [0.25, 0.3) is 5.91 Å². The molecule has 0 spiro atoms. The monoisotopic (exact) mass is 263 g/mol. The topological polar surface area (TPSA) is 68.0 Å². The minimum absolute atomic E-state index is 0.0976. The highest BCUT2D eigenvalue weighted by Gasteiger charge is 2.07. The lowest BCUT2D eigenvalue weighted by Crippen LogP contribution is -2.23. The number of carbonyl (C=O) groups is 1. The van der Waals surface area contributed by atoms with Gasteiger partial charge >= 0.3 is 0 Å². The van der Waals surface area contributed by atoms with Crippen LogP contribution in [0.5, 0.6) is 0 Å². The lowest BCUT2D eigenvalue weighted by molar-refractivity contribution is 0.0950. The Kier molecular flexibility index (Phi) is 3.70. The summed E-state index contributed by atoms with van der Waals surface area (Å²) in [6, 6.07) is 6.49. The lowest BCUT2D eigenvalue weighted by atomic mass is 10.2. The number of nitrogens with zero attached hydrogens (tertiary/aromatic N) is 1. The summed E-state index contributed by atoms with van der Waals surface area (Å²) in [7, 11) is 0. The van der Waals surface area contributed by atoms with Crippen LogP contribution in [0.4, 0.5) is 14.6 Å². The number of hydrogen-bond acceptors (Lipinski definition) is 3. The zero-order valence-electron chi connectivity index (χ0n) is 9.86. The third-order valence-corrected chi connectivity index (χ3v) is 2.49. The van der Waals surface area contributed by atoms with E-state index in [9.17, 15) is 13.6 Å². The van der Waals surface area contributed by atoms with Crippen molar-refractivity contribution < 1.29 is 13.6 Å². The van der Waals surface area contributed by atoms with Gasteiger partial charge in [0.1, 0.15) is 5.82 Å². The molecule has 0 aliphatic heterocycles. The van der Waals surface area contributed by atoms with Crippen LogP contribution in [0.2, 0.25) is 0 Å². The molecule has 6 heteroatoms. The largest absolute Gasteiger partial charge is 0.384 e.